The van der Waals surface area contributed by atoms with E-state index in [1.54, 1.807) is 31.3 Å². The Kier molecular flexibility index (Phi) is 5.87. The maximum atomic E-state index is 13.0. The van der Waals surface area contributed by atoms with E-state index in [9.17, 15) is 14.4 Å². The lowest BCUT2D eigenvalue weighted by molar-refractivity contribution is -0.131. The molecule has 0 saturated carbocycles. The molecule has 1 amide bonds. The highest BCUT2D eigenvalue weighted by molar-refractivity contribution is 6.30. The molecule has 0 aliphatic heterocycles. The molecule has 4 aromatic rings. The van der Waals surface area contributed by atoms with Crippen LogP contribution in [0.5, 0.6) is 0 Å². The number of rotatable bonds is 5. The molecule has 2 heterocycles. The van der Waals surface area contributed by atoms with Gasteiger partial charge in [-0.25, -0.2) is 14.8 Å². The standard InChI is InChI=1S/C23H20ClN5O3/c1-27(13-15-6-4-3-5-7-15)19(30)14-29-22(31)18-12-25-20(16-8-10-17(24)11-9-16)26-21(18)28(2)23(29)32/h3-12H,13-14H2,1-2H3. The van der Waals surface area contributed by atoms with Gasteiger partial charge >= 0.3 is 5.69 Å². The molecule has 4 rings (SSSR count). The van der Waals surface area contributed by atoms with Gasteiger partial charge in [-0.3, -0.25) is 18.7 Å². The van der Waals surface area contributed by atoms with Gasteiger partial charge in [-0.1, -0.05) is 41.9 Å². The SMILES string of the molecule is CN(Cc1ccccc1)C(=O)Cn1c(=O)c2cnc(-c3ccc(Cl)cc3)nc2n(C)c1=O. The molecule has 0 atom stereocenters. The molecule has 9 heteroatoms. The van der Waals surface area contributed by atoms with Crippen molar-refractivity contribution in [2.75, 3.05) is 7.05 Å². The van der Waals surface area contributed by atoms with Crippen molar-refractivity contribution in [1.29, 1.82) is 0 Å². The topological polar surface area (TPSA) is 90.1 Å². The maximum absolute atomic E-state index is 13.0. The average Bonchev–Trinajstić information content (AvgIpc) is 2.81. The van der Waals surface area contributed by atoms with Gasteiger partial charge in [-0.05, 0) is 29.8 Å². The zero-order valence-electron chi connectivity index (χ0n) is 17.5. The van der Waals surface area contributed by atoms with Crippen molar-refractivity contribution in [3.05, 3.63) is 92.2 Å². The minimum absolute atomic E-state index is 0.156. The zero-order valence-corrected chi connectivity index (χ0v) is 18.3. The lowest BCUT2D eigenvalue weighted by Gasteiger charge is -2.18. The van der Waals surface area contributed by atoms with Gasteiger partial charge in [-0.15, -0.1) is 0 Å². The Morgan fingerprint density at radius 2 is 1.75 bits per heavy atom. The molecule has 162 valence electrons. The summed E-state index contributed by atoms with van der Waals surface area (Å²) in [5.74, 6) is 0.00564. The number of fused-ring (bicyclic) bond motifs is 1. The maximum Gasteiger partial charge on any atom is 0.332 e. The third-order valence-corrected chi connectivity index (χ3v) is 5.42. The third-order valence-electron chi connectivity index (χ3n) is 5.16. The van der Waals surface area contributed by atoms with Gasteiger partial charge in [0.25, 0.3) is 5.56 Å². The highest BCUT2D eigenvalue weighted by Crippen LogP contribution is 2.19. The highest BCUT2D eigenvalue weighted by Gasteiger charge is 2.18. The Morgan fingerprint density at radius 1 is 1.06 bits per heavy atom. The molecule has 0 saturated heterocycles. The fourth-order valence-corrected chi connectivity index (χ4v) is 3.49. The summed E-state index contributed by atoms with van der Waals surface area (Å²) in [5.41, 5.74) is 0.620. The van der Waals surface area contributed by atoms with E-state index >= 15 is 0 Å². The summed E-state index contributed by atoms with van der Waals surface area (Å²) in [4.78, 5) is 48.7. The Hall–Kier alpha value is -3.78. The second kappa shape index (κ2) is 8.76. The Labute approximate surface area is 188 Å². The van der Waals surface area contributed by atoms with Crippen molar-refractivity contribution in [3.63, 3.8) is 0 Å². The van der Waals surface area contributed by atoms with Gasteiger partial charge in [0.05, 0.1) is 0 Å². The van der Waals surface area contributed by atoms with Crippen molar-refractivity contribution in [2.45, 2.75) is 13.1 Å². The van der Waals surface area contributed by atoms with Crippen LogP contribution in [-0.4, -0.2) is 37.0 Å². The number of nitrogens with zero attached hydrogens (tertiary/aromatic N) is 5. The lowest BCUT2D eigenvalue weighted by atomic mass is 10.2. The number of halogens is 1. The van der Waals surface area contributed by atoms with Crippen molar-refractivity contribution in [2.24, 2.45) is 7.05 Å². The van der Waals surface area contributed by atoms with Crippen molar-refractivity contribution in [3.8, 4) is 11.4 Å². The number of carbonyl (C=O) groups excluding carboxylic acids is 1. The van der Waals surface area contributed by atoms with Crippen LogP contribution in [0.4, 0.5) is 0 Å². The normalized spacial score (nSPS) is 11.0. The van der Waals surface area contributed by atoms with E-state index in [4.69, 9.17) is 11.6 Å². The largest absolute Gasteiger partial charge is 0.340 e. The van der Waals surface area contributed by atoms with Crippen molar-refractivity contribution >= 4 is 28.5 Å². The first kappa shape index (κ1) is 21.5. The number of hydrogen-bond donors (Lipinski definition) is 0. The number of aromatic nitrogens is 4. The molecule has 0 aliphatic carbocycles. The Balaban J connectivity index is 1.68. The molecule has 2 aromatic carbocycles. The van der Waals surface area contributed by atoms with Gasteiger partial charge in [0, 0.05) is 37.4 Å². The molecular weight excluding hydrogens is 430 g/mol. The second-order valence-corrected chi connectivity index (χ2v) is 7.84. The summed E-state index contributed by atoms with van der Waals surface area (Å²) < 4.78 is 2.17. The number of hydrogen-bond acceptors (Lipinski definition) is 5. The number of carbonyl (C=O) groups is 1. The van der Waals surface area contributed by atoms with Crippen LogP contribution < -0.4 is 11.2 Å². The molecule has 0 aliphatic rings. The van der Waals surface area contributed by atoms with E-state index in [-0.39, 0.29) is 23.5 Å². The van der Waals surface area contributed by atoms with Crippen molar-refractivity contribution in [1.82, 2.24) is 24.0 Å². The van der Waals surface area contributed by atoms with Crippen LogP contribution in [0.2, 0.25) is 5.02 Å². The second-order valence-electron chi connectivity index (χ2n) is 7.41. The van der Waals surface area contributed by atoms with Gasteiger partial charge in [0.2, 0.25) is 5.91 Å². The van der Waals surface area contributed by atoms with Crippen LogP contribution in [-0.2, 0) is 24.9 Å². The summed E-state index contributed by atoms with van der Waals surface area (Å²) in [6, 6.07) is 16.4. The summed E-state index contributed by atoms with van der Waals surface area (Å²) in [7, 11) is 3.14. The molecule has 0 N–H and O–H groups in total. The van der Waals surface area contributed by atoms with Gasteiger partial charge in [0.1, 0.15) is 11.9 Å². The smallest absolute Gasteiger partial charge is 0.332 e. The monoisotopic (exact) mass is 449 g/mol. The molecule has 8 nitrogen and oxygen atoms in total. The summed E-state index contributed by atoms with van der Waals surface area (Å²) >= 11 is 5.93. The molecule has 0 unspecified atom stereocenters. The van der Waals surface area contributed by atoms with Crippen LogP contribution in [0.1, 0.15) is 5.56 Å². The van der Waals surface area contributed by atoms with E-state index in [2.05, 4.69) is 9.97 Å². The predicted octanol–water partition coefficient (Wildman–Crippen LogP) is 2.47. The number of amides is 1. The Bertz CT molecular complexity index is 1410. The number of likely N-dealkylation sites (N-methyl/N-ethyl adjacent to an activating group) is 1. The minimum atomic E-state index is -0.621. The molecule has 0 fully saturated rings. The average molecular weight is 450 g/mol. The first-order valence-electron chi connectivity index (χ1n) is 9.85. The Morgan fingerprint density at radius 3 is 2.44 bits per heavy atom. The fraction of sp³-hybridized carbons (Fsp3) is 0.174. The quantitative estimate of drug-likeness (QED) is 0.467. The molecule has 2 aromatic heterocycles. The van der Waals surface area contributed by atoms with Gasteiger partial charge < -0.3 is 4.90 Å². The van der Waals surface area contributed by atoms with Gasteiger partial charge in [0.15, 0.2) is 11.5 Å². The summed E-state index contributed by atoms with van der Waals surface area (Å²) in [6.07, 6.45) is 1.38. The summed E-state index contributed by atoms with van der Waals surface area (Å²) in [6.45, 7) is -0.000397. The van der Waals surface area contributed by atoms with Crippen LogP contribution in [0, 0.1) is 0 Å². The van der Waals surface area contributed by atoms with Crippen LogP contribution >= 0.6 is 11.6 Å². The molecule has 32 heavy (non-hydrogen) atoms. The van der Waals surface area contributed by atoms with E-state index < -0.39 is 11.2 Å². The number of benzene rings is 2. The van der Waals surface area contributed by atoms with Crippen molar-refractivity contribution < 1.29 is 4.79 Å². The van der Waals surface area contributed by atoms with Gasteiger partial charge in [-0.2, -0.15) is 0 Å². The van der Waals surface area contributed by atoms with E-state index in [1.165, 1.54) is 22.7 Å². The van der Waals surface area contributed by atoms with Crippen LogP contribution in [0.25, 0.3) is 22.4 Å². The first-order chi connectivity index (χ1) is 15.3. The molecule has 0 radical (unpaired) electrons. The fourth-order valence-electron chi connectivity index (χ4n) is 3.36. The van der Waals surface area contributed by atoms with Crippen LogP contribution in [0.3, 0.4) is 0 Å². The minimum Gasteiger partial charge on any atom is -0.340 e. The number of aryl methyl sites for hydroxylation is 1. The third kappa shape index (κ3) is 4.17. The first-order valence-corrected chi connectivity index (χ1v) is 10.2. The highest BCUT2D eigenvalue weighted by atomic mass is 35.5. The van der Waals surface area contributed by atoms with E-state index in [0.717, 1.165) is 10.1 Å². The lowest BCUT2D eigenvalue weighted by Crippen LogP contribution is -2.43. The zero-order chi connectivity index (χ0) is 22.8. The molecular formula is C23H20ClN5O3. The molecule has 0 spiro atoms. The predicted molar refractivity (Wildman–Crippen MR) is 122 cm³/mol. The van der Waals surface area contributed by atoms with Crippen LogP contribution in [0.15, 0.2) is 70.4 Å². The van der Waals surface area contributed by atoms with E-state index in [1.807, 2.05) is 30.3 Å². The molecule has 0 bridgehead atoms. The summed E-state index contributed by atoms with van der Waals surface area (Å²) in [5, 5.41) is 0.732. The van der Waals surface area contributed by atoms with E-state index in [0.29, 0.717) is 23.0 Å².